The van der Waals surface area contributed by atoms with Crippen molar-refractivity contribution >= 4 is 16.9 Å². The van der Waals surface area contributed by atoms with Crippen molar-refractivity contribution in [1.29, 1.82) is 0 Å². The fourth-order valence-corrected chi connectivity index (χ4v) is 5.63. The molecule has 3 saturated heterocycles. The normalized spacial score (nSPS) is 24.0. The molecule has 3 fully saturated rings. The summed E-state index contributed by atoms with van der Waals surface area (Å²) in [5.74, 6) is 1.22. The first-order chi connectivity index (χ1) is 14.5. The van der Waals surface area contributed by atoms with Gasteiger partial charge in [-0.2, -0.15) is 0 Å². The lowest BCUT2D eigenvalue weighted by molar-refractivity contribution is -0.137. The summed E-state index contributed by atoms with van der Waals surface area (Å²) in [6, 6.07) is 4.19. The van der Waals surface area contributed by atoms with Gasteiger partial charge in [-0.25, -0.2) is 4.79 Å². The number of carbonyl (C=O) groups is 1. The number of likely N-dealkylation sites (N-methyl/N-ethyl adjacent to an activating group) is 1. The summed E-state index contributed by atoms with van der Waals surface area (Å²) in [7, 11) is 2.14. The molecular weight excluding hydrogens is 380 g/mol. The molecule has 30 heavy (non-hydrogen) atoms. The van der Waals surface area contributed by atoms with E-state index in [1.165, 1.54) is 6.42 Å². The topological polar surface area (TPSA) is 63.0 Å². The van der Waals surface area contributed by atoms with Gasteiger partial charge in [0, 0.05) is 42.2 Å². The second-order valence-corrected chi connectivity index (χ2v) is 9.27. The summed E-state index contributed by atoms with van der Waals surface area (Å²) < 4.78 is 11.6. The van der Waals surface area contributed by atoms with Crippen LogP contribution in [0.4, 0.5) is 0 Å². The first-order valence-electron chi connectivity index (χ1n) is 11.2. The summed E-state index contributed by atoms with van der Waals surface area (Å²) in [4.78, 5) is 29.8. The third-order valence-electron chi connectivity index (χ3n) is 7.16. The molecule has 0 spiro atoms. The number of rotatable bonds is 3. The number of hydrogen-bond donors (Lipinski definition) is 0. The molecule has 4 aliphatic rings. The van der Waals surface area contributed by atoms with E-state index in [1.54, 1.807) is 0 Å². The predicted octanol–water partition coefficient (Wildman–Crippen LogP) is 2.91. The molecule has 6 rings (SSSR count). The van der Waals surface area contributed by atoms with Gasteiger partial charge < -0.3 is 19.0 Å². The van der Waals surface area contributed by atoms with E-state index < -0.39 is 0 Å². The Kier molecular flexibility index (Phi) is 5.05. The van der Waals surface area contributed by atoms with Gasteiger partial charge in [-0.15, -0.1) is 0 Å². The van der Waals surface area contributed by atoms with Crippen molar-refractivity contribution in [2.75, 3.05) is 33.3 Å². The number of benzene rings is 1. The summed E-state index contributed by atoms with van der Waals surface area (Å²) in [5.41, 5.74) is 3.13. The molecule has 6 nitrogen and oxygen atoms in total. The van der Waals surface area contributed by atoms with Crippen LogP contribution in [-0.4, -0.2) is 55.0 Å². The number of fused-ring (bicyclic) bond motifs is 7. The third-order valence-corrected chi connectivity index (χ3v) is 7.16. The van der Waals surface area contributed by atoms with E-state index in [1.807, 2.05) is 24.0 Å². The summed E-state index contributed by atoms with van der Waals surface area (Å²) in [6.45, 7) is 4.76. The molecule has 0 unspecified atom stereocenters. The van der Waals surface area contributed by atoms with Gasteiger partial charge in [0.05, 0.1) is 0 Å². The molecule has 2 atom stereocenters. The third kappa shape index (κ3) is 3.41. The lowest BCUT2D eigenvalue weighted by Gasteiger charge is -2.36. The van der Waals surface area contributed by atoms with Crippen LogP contribution in [0.3, 0.4) is 0 Å². The van der Waals surface area contributed by atoms with Crippen LogP contribution in [0.15, 0.2) is 21.3 Å². The molecule has 1 aromatic carbocycles. The Bertz CT molecular complexity index is 1040. The fourth-order valence-electron chi connectivity index (χ4n) is 5.63. The van der Waals surface area contributed by atoms with Gasteiger partial charge in [-0.3, -0.25) is 4.79 Å². The van der Waals surface area contributed by atoms with E-state index in [9.17, 15) is 9.59 Å². The highest BCUT2D eigenvalue weighted by molar-refractivity contribution is 5.86. The van der Waals surface area contributed by atoms with E-state index >= 15 is 0 Å². The summed E-state index contributed by atoms with van der Waals surface area (Å²) in [6.07, 6.45) is 6.14. The number of carbonyl (C=O) groups excluding carboxylic acids is 1. The van der Waals surface area contributed by atoms with Crippen molar-refractivity contribution in [3.63, 3.8) is 0 Å². The SMILES string of the molecule is Cc1c(OCC(=O)N2C[C@H]3CC[C@@H]2CN(C)C3)ccc2c3c(c(=O)oc12)CCCC3. The van der Waals surface area contributed by atoms with Gasteiger partial charge >= 0.3 is 5.63 Å². The second-order valence-electron chi connectivity index (χ2n) is 9.27. The average Bonchev–Trinajstić information content (AvgIpc) is 3.03. The van der Waals surface area contributed by atoms with Crippen LogP contribution in [0, 0.1) is 12.8 Å². The molecule has 1 aromatic heterocycles. The Morgan fingerprint density at radius 3 is 2.77 bits per heavy atom. The Morgan fingerprint density at radius 1 is 1.13 bits per heavy atom. The zero-order chi connectivity index (χ0) is 20.8. The Balaban J connectivity index is 1.36. The van der Waals surface area contributed by atoms with Gasteiger partial charge in [0.1, 0.15) is 11.3 Å². The number of aryl methyl sites for hydroxylation is 2. The highest BCUT2D eigenvalue weighted by Crippen LogP contribution is 2.33. The zero-order valence-electron chi connectivity index (χ0n) is 17.9. The lowest BCUT2D eigenvalue weighted by Crippen LogP contribution is -2.49. The Labute approximate surface area is 176 Å². The van der Waals surface area contributed by atoms with Crippen LogP contribution in [0.1, 0.15) is 42.4 Å². The van der Waals surface area contributed by atoms with Gasteiger partial charge in [-0.1, -0.05) is 0 Å². The monoisotopic (exact) mass is 410 g/mol. The average molecular weight is 411 g/mol. The minimum Gasteiger partial charge on any atom is -0.483 e. The lowest BCUT2D eigenvalue weighted by atomic mass is 9.90. The first kappa shape index (κ1) is 19.6. The maximum absolute atomic E-state index is 13.0. The van der Waals surface area contributed by atoms with Crippen molar-refractivity contribution < 1.29 is 13.9 Å². The predicted molar refractivity (Wildman–Crippen MR) is 115 cm³/mol. The largest absolute Gasteiger partial charge is 0.483 e. The molecular formula is C24H30N2O4. The van der Waals surface area contributed by atoms with E-state index in [-0.39, 0.29) is 24.2 Å². The molecule has 3 aliphatic heterocycles. The molecule has 1 amide bonds. The van der Waals surface area contributed by atoms with Crippen molar-refractivity contribution in [3.8, 4) is 5.75 Å². The summed E-state index contributed by atoms with van der Waals surface area (Å²) >= 11 is 0. The molecule has 160 valence electrons. The molecule has 0 N–H and O–H groups in total. The number of amides is 1. The number of ether oxygens (including phenoxy) is 1. The minimum atomic E-state index is -0.224. The number of piperidine rings is 1. The van der Waals surface area contributed by atoms with Gasteiger partial charge in [-0.05, 0) is 76.1 Å². The summed E-state index contributed by atoms with van der Waals surface area (Å²) in [5, 5.41) is 1.01. The highest BCUT2D eigenvalue weighted by Gasteiger charge is 2.36. The maximum atomic E-state index is 13.0. The smallest absolute Gasteiger partial charge is 0.339 e. The first-order valence-corrected chi connectivity index (χ1v) is 11.2. The van der Waals surface area contributed by atoms with Crippen LogP contribution in [0.25, 0.3) is 11.0 Å². The molecule has 4 heterocycles. The van der Waals surface area contributed by atoms with E-state index in [4.69, 9.17) is 9.15 Å². The molecule has 2 bridgehead atoms. The van der Waals surface area contributed by atoms with Crippen LogP contribution in [0.2, 0.25) is 0 Å². The van der Waals surface area contributed by atoms with E-state index in [0.717, 1.165) is 73.8 Å². The van der Waals surface area contributed by atoms with Gasteiger partial charge in [0.2, 0.25) is 0 Å². The van der Waals surface area contributed by atoms with Crippen LogP contribution in [0.5, 0.6) is 5.75 Å². The Morgan fingerprint density at radius 2 is 1.93 bits per heavy atom. The zero-order valence-corrected chi connectivity index (χ0v) is 17.9. The quantitative estimate of drug-likeness (QED) is 0.728. The fraction of sp³-hybridized carbons (Fsp3) is 0.583. The minimum absolute atomic E-state index is 0.0223. The Hall–Kier alpha value is -2.34. The van der Waals surface area contributed by atoms with Crippen LogP contribution in [-0.2, 0) is 17.6 Å². The van der Waals surface area contributed by atoms with Crippen molar-refractivity contribution in [3.05, 3.63) is 39.2 Å². The highest BCUT2D eigenvalue weighted by atomic mass is 16.5. The molecule has 0 radical (unpaired) electrons. The van der Waals surface area contributed by atoms with Crippen molar-refractivity contribution in [2.24, 2.45) is 5.92 Å². The van der Waals surface area contributed by atoms with Crippen LogP contribution >= 0.6 is 0 Å². The molecule has 6 heteroatoms. The van der Waals surface area contributed by atoms with Crippen molar-refractivity contribution in [2.45, 2.75) is 51.5 Å². The molecule has 2 aromatic rings. The second kappa shape index (κ2) is 7.73. The standard InChI is InChI=1S/C24H30N2O4/c1-15-21(10-9-19-18-5-3-4-6-20(18)24(28)30-23(15)19)29-14-22(27)26-12-16-7-8-17(26)13-25(2)11-16/h9-10,16-17H,3-8,11-14H2,1-2H3/t16-,17+/m0/s1. The molecule has 0 saturated carbocycles. The van der Waals surface area contributed by atoms with E-state index in [2.05, 4.69) is 11.9 Å². The van der Waals surface area contributed by atoms with Gasteiger partial charge in [0.15, 0.2) is 6.61 Å². The van der Waals surface area contributed by atoms with Crippen molar-refractivity contribution in [1.82, 2.24) is 9.80 Å². The molecule has 1 aliphatic carbocycles. The number of nitrogens with zero attached hydrogens (tertiary/aromatic N) is 2. The van der Waals surface area contributed by atoms with Crippen LogP contribution < -0.4 is 10.4 Å². The number of hydrogen-bond acceptors (Lipinski definition) is 5. The maximum Gasteiger partial charge on any atom is 0.339 e. The van der Waals surface area contributed by atoms with Gasteiger partial charge in [0.25, 0.3) is 5.91 Å². The van der Waals surface area contributed by atoms with E-state index in [0.29, 0.717) is 17.3 Å².